The zero-order chi connectivity index (χ0) is 16.9. The predicted octanol–water partition coefficient (Wildman–Crippen LogP) is 5.38. The Morgan fingerprint density at radius 3 is 1.83 bits per heavy atom. The van der Waals surface area contributed by atoms with E-state index in [0.29, 0.717) is 12.0 Å². The van der Waals surface area contributed by atoms with Crippen molar-refractivity contribution in [2.75, 3.05) is 0 Å². The van der Waals surface area contributed by atoms with E-state index in [1.165, 1.54) is 0 Å². The fourth-order valence-corrected chi connectivity index (χ4v) is 2.13. The SMILES string of the molecule is CCCCCCC(=O)C(=O)c1ccc(S)cc1.c1ccccc1. The molecule has 0 bridgehead atoms. The number of hydrogen-bond acceptors (Lipinski definition) is 3. The van der Waals surface area contributed by atoms with Crippen LogP contribution in [0.4, 0.5) is 0 Å². The van der Waals surface area contributed by atoms with Crippen molar-refractivity contribution in [1.29, 1.82) is 0 Å². The number of ketones is 2. The molecule has 0 radical (unpaired) electrons. The van der Waals surface area contributed by atoms with E-state index in [1.807, 2.05) is 36.4 Å². The van der Waals surface area contributed by atoms with Gasteiger partial charge in [-0.1, -0.05) is 62.6 Å². The average Bonchev–Trinajstić information content (AvgIpc) is 2.60. The summed E-state index contributed by atoms with van der Waals surface area (Å²) in [6.07, 6.45) is 4.44. The molecule has 23 heavy (non-hydrogen) atoms. The summed E-state index contributed by atoms with van der Waals surface area (Å²) in [7, 11) is 0. The molecule has 0 aliphatic heterocycles. The van der Waals surface area contributed by atoms with Crippen LogP contribution in [0.2, 0.25) is 0 Å². The fraction of sp³-hybridized carbons (Fsp3) is 0.300. The highest BCUT2D eigenvalue weighted by molar-refractivity contribution is 7.80. The molecule has 0 saturated heterocycles. The number of unbranched alkanes of at least 4 members (excludes halogenated alkanes) is 3. The Morgan fingerprint density at radius 1 is 0.826 bits per heavy atom. The van der Waals surface area contributed by atoms with Gasteiger partial charge in [-0.3, -0.25) is 9.59 Å². The standard InChI is InChI=1S/C14H18O2S.C6H6/c1-2-3-4-5-6-13(15)14(16)11-7-9-12(17)10-8-11;1-2-4-6-5-3-1/h7-10,17H,2-6H2,1H3;1-6H. The van der Waals surface area contributed by atoms with Gasteiger partial charge in [-0.05, 0) is 30.7 Å². The largest absolute Gasteiger partial charge is 0.290 e. The second-order valence-electron chi connectivity index (χ2n) is 5.26. The van der Waals surface area contributed by atoms with Gasteiger partial charge in [-0.2, -0.15) is 0 Å². The lowest BCUT2D eigenvalue weighted by Crippen LogP contribution is -2.13. The number of Topliss-reactive ketones (excluding diaryl/α,β-unsaturated/α-hetero) is 2. The summed E-state index contributed by atoms with van der Waals surface area (Å²) in [5.74, 6) is -0.664. The second-order valence-corrected chi connectivity index (χ2v) is 5.78. The minimum Gasteiger partial charge on any atom is -0.290 e. The van der Waals surface area contributed by atoms with E-state index < -0.39 is 0 Å². The predicted molar refractivity (Wildman–Crippen MR) is 98.2 cm³/mol. The van der Waals surface area contributed by atoms with Gasteiger partial charge in [0.25, 0.3) is 0 Å². The number of rotatable bonds is 7. The normalized spacial score (nSPS) is 9.65. The van der Waals surface area contributed by atoms with Crippen molar-refractivity contribution in [2.45, 2.75) is 43.9 Å². The zero-order valence-electron chi connectivity index (χ0n) is 13.6. The van der Waals surface area contributed by atoms with Gasteiger partial charge in [-0.25, -0.2) is 0 Å². The summed E-state index contributed by atoms with van der Waals surface area (Å²) in [4.78, 5) is 24.2. The first-order valence-electron chi connectivity index (χ1n) is 8.01. The first-order chi connectivity index (χ1) is 11.1. The molecule has 0 aliphatic carbocycles. The van der Waals surface area contributed by atoms with Gasteiger partial charge in [-0.15, -0.1) is 12.6 Å². The molecule has 2 aromatic carbocycles. The molecule has 0 spiro atoms. The van der Waals surface area contributed by atoms with Crippen LogP contribution in [0.3, 0.4) is 0 Å². The third-order valence-electron chi connectivity index (χ3n) is 3.31. The molecular weight excluding hydrogens is 304 g/mol. The van der Waals surface area contributed by atoms with Crippen LogP contribution in [-0.4, -0.2) is 11.6 Å². The number of thiol groups is 1. The molecule has 0 aliphatic rings. The van der Waals surface area contributed by atoms with Crippen molar-refractivity contribution in [2.24, 2.45) is 0 Å². The Morgan fingerprint density at radius 2 is 1.35 bits per heavy atom. The van der Waals surface area contributed by atoms with E-state index in [2.05, 4.69) is 19.6 Å². The summed E-state index contributed by atoms with van der Waals surface area (Å²) in [6.45, 7) is 2.12. The van der Waals surface area contributed by atoms with Crippen molar-refractivity contribution in [3.63, 3.8) is 0 Å². The minimum atomic E-state index is -0.380. The Kier molecular flexibility index (Phi) is 9.73. The molecule has 2 aromatic rings. The Labute approximate surface area is 144 Å². The molecule has 2 nitrogen and oxygen atoms in total. The quantitative estimate of drug-likeness (QED) is 0.320. The van der Waals surface area contributed by atoms with Crippen molar-refractivity contribution in [3.8, 4) is 0 Å². The fourth-order valence-electron chi connectivity index (χ4n) is 1.98. The molecule has 3 heteroatoms. The monoisotopic (exact) mass is 328 g/mol. The van der Waals surface area contributed by atoms with Gasteiger partial charge in [0.15, 0.2) is 0 Å². The molecule has 0 amide bonds. The molecule has 0 saturated carbocycles. The summed E-state index contributed by atoms with van der Waals surface area (Å²) in [5.41, 5.74) is 0.461. The number of hydrogen-bond donors (Lipinski definition) is 1. The van der Waals surface area contributed by atoms with E-state index in [4.69, 9.17) is 0 Å². The third-order valence-corrected chi connectivity index (χ3v) is 3.60. The molecule has 0 aromatic heterocycles. The Balaban J connectivity index is 0.000000366. The average molecular weight is 328 g/mol. The summed E-state index contributed by atoms with van der Waals surface area (Å²) < 4.78 is 0. The highest BCUT2D eigenvalue weighted by Crippen LogP contribution is 2.11. The molecule has 122 valence electrons. The van der Waals surface area contributed by atoms with Crippen LogP contribution < -0.4 is 0 Å². The number of benzene rings is 2. The topological polar surface area (TPSA) is 34.1 Å². The van der Waals surface area contributed by atoms with Crippen LogP contribution in [0, 0.1) is 0 Å². The van der Waals surface area contributed by atoms with Crippen molar-refractivity contribution in [3.05, 3.63) is 66.2 Å². The van der Waals surface area contributed by atoms with E-state index >= 15 is 0 Å². The van der Waals surface area contributed by atoms with Crippen molar-refractivity contribution >= 4 is 24.2 Å². The van der Waals surface area contributed by atoms with Crippen LogP contribution in [-0.2, 0) is 4.79 Å². The summed E-state index contributed by atoms with van der Waals surface area (Å²) in [5, 5.41) is 0. The van der Waals surface area contributed by atoms with Crippen molar-refractivity contribution < 1.29 is 9.59 Å². The maximum atomic E-state index is 11.7. The minimum absolute atomic E-state index is 0.284. The van der Waals surface area contributed by atoms with Crippen LogP contribution >= 0.6 is 12.6 Å². The molecule has 2 rings (SSSR count). The van der Waals surface area contributed by atoms with Crippen LogP contribution in [0.5, 0.6) is 0 Å². The zero-order valence-corrected chi connectivity index (χ0v) is 14.5. The highest BCUT2D eigenvalue weighted by Gasteiger charge is 2.14. The van der Waals surface area contributed by atoms with E-state index in [9.17, 15) is 9.59 Å². The van der Waals surface area contributed by atoms with Crippen LogP contribution in [0.25, 0.3) is 0 Å². The molecule has 0 unspecified atom stereocenters. The Hall–Kier alpha value is -1.87. The van der Waals surface area contributed by atoms with E-state index in [1.54, 1.807) is 24.3 Å². The molecule has 0 atom stereocenters. The number of carbonyl (C=O) groups is 2. The first-order valence-corrected chi connectivity index (χ1v) is 8.46. The second kappa shape index (κ2) is 11.7. The van der Waals surface area contributed by atoms with E-state index in [-0.39, 0.29) is 11.6 Å². The molecule has 0 N–H and O–H groups in total. The first kappa shape index (κ1) is 19.2. The van der Waals surface area contributed by atoms with Gasteiger partial charge in [0.2, 0.25) is 11.6 Å². The summed E-state index contributed by atoms with van der Waals surface area (Å²) in [6, 6.07) is 18.7. The van der Waals surface area contributed by atoms with Gasteiger partial charge in [0.1, 0.15) is 0 Å². The smallest absolute Gasteiger partial charge is 0.228 e. The lowest BCUT2D eigenvalue weighted by atomic mass is 10.0. The molecular formula is C20H24O2S. The lowest BCUT2D eigenvalue weighted by Gasteiger charge is -2.01. The lowest BCUT2D eigenvalue weighted by molar-refractivity contribution is -0.115. The summed E-state index contributed by atoms with van der Waals surface area (Å²) >= 11 is 4.14. The maximum Gasteiger partial charge on any atom is 0.228 e. The molecule has 0 heterocycles. The van der Waals surface area contributed by atoms with Crippen LogP contribution in [0.15, 0.2) is 65.6 Å². The van der Waals surface area contributed by atoms with Crippen LogP contribution in [0.1, 0.15) is 49.4 Å². The molecule has 0 fully saturated rings. The Bertz CT molecular complexity index is 550. The van der Waals surface area contributed by atoms with Gasteiger partial charge in [0, 0.05) is 16.9 Å². The van der Waals surface area contributed by atoms with Crippen molar-refractivity contribution in [1.82, 2.24) is 0 Å². The highest BCUT2D eigenvalue weighted by atomic mass is 32.1. The third kappa shape index (κ3) is 8.36. The maximum absolute atomic E-state index is 11.7. The van der Waals surface area contributed by atoms with Gasteiger partial charge < -0.3 is 0 Å². The van der Waals surface area contributed by atoms with Gasteiger partial charge >= 0.3 is 0 Å². The number of carbonyl (C=O) groups excluding carboxylic acids is 2. The van der Waals surface area contributed by atoms with Gasteiger partial charge in [0.05, 0.1) is 0 Å². The van der Waals surface area contributed by atoms with E-state index in [0.717, 1.165) is 30.6 Å².